The van der Waals surface area contributed by atoms with Crippen molar-refractivity contribution in [3.8, 4) is 0 Å². The summed E-state index contributed by atoms with van der Waals surface area (Å²) in [4.78, 5) is 11.0. The lowest BCUT2D eigenvalue weighted by Gasteiger charge is -2.23. The molecule has 0 spiro atoms. The molecule has 2 aliphatic heterocycles. The molecular weight excluding hydrogens is 154 g/mol. The molecule has 3 heteroatoms. The fourth-order valence-electron chi connectivity index (χ4n) is 1.70. The van der Waals surface area contributed by atoms with Gasteiger partial charge in [0, 0.05) is 13.2 Å². The van der Waals surface area contributed by atoms with E-state index in [9.17, 15) is 4.79 Å². The molecule has 2 heterocycles. The van der Waals surface area contributed by atoms with Crippen LogP contribution in [-0.4, -0.2) is 25.2 Å². The summed E-state index contributed by atoms with van der Waals surface area (Å²) >= 11 is 0. The second-order valence-electron chi connectivity index (χ2n) is 2.92. The molecule has 1 unspecified atom stereocenters. The van der Waals surface area contributed by atoms with Gasteiger partial charge in [-0.1, -0.05) is 13.8 Å². The molecule has 12 heavy (non-hydrogen) atoms. The van der Waals surface area contributed by atoms with Gasteiger partial charge in [-0.25, -0.2) is 0 Å². The molecule has 70 valence electrons. The number of ether oxygens (including phenoxy) is 1. The van der Waals surface area contributed by atoms with Crippen molar-refractivity contribution in [2.75, 3.05) is 13.2 Å². The summed E-state index contributed by atoms with van der Waals surface area (Å²) in [5, 5.41) is 2.79. The zero-order valence-electron chi connectivity index (χ0n) is 7.80. The van der Waals surface area contributed by atoms with Crippen LogP contribution in [0.3, 0.4) is 0 Å². The Hall–Kier alpha value is -0.570. The number of carbonyl (C=O) groups excluding carboxylic acids is 1. The van der Waals surface area contributed by atoms with Crippen LogP contribution in [0.4, 0.5) is 0 Å². The third-order valence-corrected chi connectivity index (χ3v) is 2.29. The number of nitrogens with one attached hydrogen (secondary N) is 1. The van der Waals surface area contributed by atoms with Gasteiger partial charge < -0.3 is 10.1 Å². The summed E-state index contributed by atoms with van der Waals surface area (Å²) in [5.41, 5.74) is 0. The minimum Gasteiger partial charge on any atom is -0.368 e. The number of amides is 1. The molecule has 2 atom stereocenters. The summed E-state index contributed by atoms with van der Waals surface area (Å²) < 4.78 is 5.26. The van der Waals surface area contributed by atoms with Crippen LogP contribution in [0.15, 0.2) is 0 Å². The van der Waals surface area contributed by atoms with Crippen molar-refractivity contribution in [2.45, 2.75) is 32.8 Å². The van der Waals surface area contributed by atoms with E-state index in [2.05, 4.69) is 5.32 Å². The van der Waals surface area contributed by atoms with Gasteiger partial charge in [0.1, 0.15) is 6.10 Å². The molecule has 0 radical (unpaired) electrons. The topological polar surface area (TPSA) is 38.3 Å². The molecule has 3 nitrogen and oxygen atoms in total. The minimum absolute atomic E-state index is 0.0914. The first-order chi connectivity index (χ1) is 5.88. The Morgan fingerprint density at radius 2 is 2.17 bits per heavy atom. The lowest BCUT2D eigenvalue weighted by molar-refractivity contribution is -0.133. The zero-order chi connectivity index (χ0) is 8.97. The molecule has 1 amide bonds. The molecule has 0 aromatic heterocycles. The second kappa shape index (κ2) is 4.45. The highest BCUT2D eigenvalue weighted by molar-refractivity contribution is 5.82. The van der Waals surface area contributed by atoms with Gasteiger partial charge in [-0.2, -0.15) is 0 Å². The van der Waals surface area contributed by atoms with Crippen LogP contribution in [0.25, 0.3) is 0 Å². The van der Waals surface area contributed by atoms with Crippen molar-refractivity contribution in [3.63, 3.8) is 0 Å². The van der Waals surface area contributed by atoms with Crippen LogP contribution >= 0.6 is 0 Å². The number of hydrogen-bond acceptors (Lipinski definition) is 2. The number of fused-ring (bicyclic) bond motifs is 1. The van der Waals surface area contributed by atoms with Crippen LogP contribution in [0.1, 0.15) is 26.7 Å². The summed E-state index contributed by atoms with van der Waals surface area (Å²) in [5.74, 6) is 0.600. The summed E-state index contributed by atoms with van der Waals surface area (Å²) in [6.45, 7) is 5.60. The molecule has 0 aliphatic carbocycles. The third-order valence-electron chi connectivity index (χ3n) is 2.29. The van der Waals surface area contributed by atoms with Gasteiger partial charge in [0.15, 0.2) is 0 Å². The van der Waals surface area contributed by atoms with E-state index in [4.69, 9.17) is 4.74 Å². The number of carbonyl (C=O) groups is 1. The largest absolute Gasteiger partial charge is 0.368 e. The molecule has 2 saturated heterocycles. The van der Waals surface area contributed by atoms with Gasteiger partial charge in [-0.3, -0.25) is 4.79 Å². The van der Waals surface area contributed by atoms with Crippen LogP contribution in [0.2, 0.25) is 0 Å². The maximum absolute atomic E-state index is 11.0. The van der Waals surface area contributed by atoms with Crippen LogP contribution < -0.4 is 5.32 Å². The fraction of sp³-hybridized carbons (Fsp3) is 0.889. The van der Waals surface area contributed by atoms with Gasteiger partial charge in [0.25, 0.3) is 0 Å². The highest BCUT2D eigenvalue weighted by atomic mass is 16.5. The van der Waals surface area contributed by atoms with Crippen LogP contribution in [-0.2, 0) is 9.53 Å². The monoisotopic (exact) mass is 171 g/mol. The van der Waals surface area contributed by atoms with E-state index in [0.717, 1.165) is 26.0 Å². The number of piperidine rings is 1. The maximum Gasteiger partial charge on any atom is 0.249 e. The number of rotatable bonds is 0. The Kier molecular flexibility index (Phi) is 3.53. The van der Waals surface area contributed by atoms with Crippen molar-refractivity contribution in [1.82, 2.24) is 5.32 Å². The Bertz CT molecular complexity index is 159. The van der Waals surface area contributed by atoms with Crippen molar-refractivity contribution in [1.29, 1.82) is 0 Å². The van der Waals surface area contributed by atoms with E-state index in [1.807, 2.05) is 13.8 Å². The molecule has 0 saturated carbocycles. The van der Waals surface area contributed by atoms with Crippen LogP contribution in [0, 0.1) is 5.92 Å². The minimum atomic E-state index is -0.117. The zero-order valence-corrected chi connectivity index (χ0v) is 7.80. The molecule has 1 N–H and O–H groups in total. The molecule has 0 aromatic carbocycles. The first-order valence-corrected chi connectivity index (χ1v) is 4.77. The number of hydrogen-bond donors (Lipinski definition) is 1. The SMILES string of the molecule is CC.O=C1NCCC2CCO[C@@H]12. The molecule has 0 aromatic rings. The normalized spacial score (nSPS) is 33.0. The van der Waals surface area contributed by atoms with E-state index in [-0.39, 0.29) is 12.0 Å². The van der Waals surface area contributed by atoms with Gasteiger partial charge in [-0.15, -0.1) is 0 Å². The van der Waals surface area contributed by atoms with Gasteiger partial charge in [0.2, 0.25) is 5.91 Å². The quantitative estimate of drug-likeness (QED) is 0.589. The van der Waals surface area contributed by atoms with E-state index < -0.39 is 0 Å². The maximum atomic E-state index is 11.0. The molecule has 0 bridgehead atoms. The van der Waals surface area contributed by atoms with Crippen LogP contribution in [0.5, 0.6) is 0 Å². The fourth-order valence-corrected chi connectivity index (χ4v) is 1.70. The predicted octanol–water partition coefficient (Wildman–Crippen LogP) is 0.938. The first-order valence-electron chi connectivity index (χ1n) is 4.77. The highest BCUT2D eigenvalue weighted by Crippen LogP contribution is 2.26. The highest BCUT2D eigenvalue weighted by Gasteiger charge is 2.36. The van der Waals surface area contributed by atoms with E-state index in [0.29, 0.717) is 5.92 Å². The Morgan fingerprint density at radius 3 is 2.83 bits per heavy atom. The Labute approximate surface area is 73.5 Å². The first kappa shape index (κ1) is 9.52. The van der Waals surface area contributed by atoms with E-state index in [1.54, 1.807) is 0 Å². The smallest absolute Gasteiger partial charge is 0.249 e. The van der Waals surface area contributed by atoms with Gasteiger partial charge >= 0.3 is 0 Å². The average molecular weight is 171 g/mol. The van der Waals surface area contributed by atoms with Crippen molar-refractivity contribution < 1.29 is 9.53 Å². The third kappa shape index (κ3) is 1.78. The molecule has 2 aliphatic rings. The summed E-state index contributed by atoms with van der Waals surface area (Å²) in [7, 11) is 0. The molecule has 2 rings (SSSR count). The van der Waals surface area contributed by atoms with E-state index >= 15 is 0 Å². The summed E-state index contributed by atoms with van der Waals surface area (Å²) in [6.07, 6.45) is 2.04. The lowest BCUT2D eigenvalue weighted by Crippen LogP contribution is -2.44. The molecular formula is C9H17NO2. The summed E-state index contributed by atoms with van der Waals surface area (Å²) in [6, 6.07) is 0. The lowest BCUT2D eigenvalue weighted by atomic mass is 9.94. The van der Waals surface area contributed by atoms with Crippen molar-refractivity contribution in [2.24, 2.45) is 5.92 Å². The Morgan fingerprint density at radius 1 is 1.42 bits per heavy atom. The molecule has 2 fully saturated rings. The Balaban J connectivity index is 0.000000336. The standard InChI is InChI=1S/C7H11NO2.C2H6/c9-7-6-5(1-3-8-7)2-4-10-6;1-2/h5-6H,1-4H2,(H,8,9);1-2H3/t5?,6-;/m1./s1. The average Bonchev–Trinajstić information content (AvgIpc) is 2.57. The van der Waals surface area contributed by atoms with Crippen molar-refractivity contribution in [3.05, 3.63) is 0 Å². The van der Waals surface area contributed by atoms with Crippen molar-refractivity contribution >= 4 is 5.91 Å². The van der Waals surface area contributed by atoms with Gasteiger partial charge in [0.05, 0.1) is 0 Å². The van der Waals surface area contributed by atoms with E-state index in [1.165, 1.54) is 0 Å². The van der Waals surface area contributed by atoms with Gasteiger partial charge in [-0.05, 0) is 18.8 Å². The second-order valence-corrected chi connectivity index (χ2v) is 2.92. The predicted molar refractivity (Wildman–Crippen MR) is 46.8 cm³/mol.